The van der Waals surface area contributed by atoms with Gasteiger partial charge in [-0.2, -0.15) is 0 Å². The first-order valence-corrected chi connectivity index (χ1v) is 9.34. The molecule has 0 radical (unpaired) electrons. The van der Waals surface area contributed by atoms with E-state index < -0.39 is 0 Å². The molecule has 5 heteroatoms. The molecule has 1 saturated heterocycles. The summed E-state index contributed by atoms with van der Waals surface area (Å²) < 4.78 is 0. The second-order valence-corrected chi connectivity index (χ2v) is 7.84. The van der Waals surface area contributed by atoms with Crippen molar-refractivity contribution in [2.24, 2.45) is 0 Å². The number of aromatic nitrogens is 1. The van der Waals surface area contributed by atoms with Gasteiger partial charge in [0.1, 0.15) is 0 Å². The van der Waals surface area contributed by atoms with Gasteiger partial charge in [-0.25, -0.2) is 4.98 Å². The van der Waals surface area contributed by atoms with Gasteiger partial charge < -0.3 is 5.32 Å². The van der Waals surface area contributed by atoms with Crippen LogP contribution in [0.1, 0.15) is 36.6 Å². The van der Waals surface area contributed by atoms with Crippen molar-refractivity contribution in [1.29, 1.82) is 0 Å². The van der Waals surface area contributed by atoms with E-state index in [9.17, 15) is 0 Å². The van der Waals surface area contributed by atoms with Gasteiger partial charge in [0.15, 0.2) is 5.13 Å². The Morgan fingerprint density at radius 1 is 1.43 bits per heavy atom. The molecule has 3 nitrogen and oxygen atoms in total. The summed E-state index contributed by atoms with van der Waals surface area (Å²) in [5, 5.41) is 6.44. The van der Waals surface area contributed by atoms with Crippen LogP contribution >= 0.6 is 22.7 Å². The summed E-state index contributed by atoms with van der Waals surface area (Å²) in [4.78, 5) is 10.1. The second kappa shape index (κ2) is 6.46. The zero-order valence-corrected chi connectivity index (χ0v) is 14.6. The van der Waals surface area contributed by atoms with Crippen molar-refractivity contribution in [3.05, 3.63) is 21.9 Å². The van der Waals surface area contributed by atoms with Crippen molar-refractivity contribution < 1.29 is 0 Å². The number of piperidine rings is 1. The standard InChI is InChI=1S/C16H23N3S2/c1-11-8-13(20-10-11)15-14(21-16(17-3)18-15)9-19-7-5-4-6-12(19)2/h8,10,12H,4-7,9H2,1-3H3,(H,17,18). The number of rotatable bonds is 4. The van der Waals surface area contributed by atoms with Crippen LogP contribution in [0.2, 0.25) is 0 Å². The van der Waals surface area contributed by atoms with Gasteiger partial charge in [0.05, 0.1) is 10.6 Å². The molecule has 1 unspecified atom stereocenters. The van der Waals surface area contributed by atoms with Crippen molar-refractivity contribution in [3.8, 4) is 10.6 Å². The van der Waals surface area contributed by atoms with E-state index in [0.29, 0.717) is 6.04 Å². The van der Waals surface area contributed by atoms with Crippen LogP contribution < -0.4 is 5.32 Å². The lowest BCUT2D eigenvalue weighted by atomic mass is 10.0. The van der Waals surface area contributed by atoms with Crippen LogP contribution in [0.5, 0.6) is 0 Å². The molecule has 2 aromatic rings. The molecule has 2 aromatic heterocycles. The third-order valence-electron chi connectivity index (χ3n) is 4.16. The summed E-state index contributed by atoms with van der Waals surface area (Å²) >= 11 is 3.60. The molecule has 3 heterocycles. The highest BCUT2D eigenvalue weighted by Crippen LogP contribution is 2.36. The van der Waals surface area contributed by atoms with E-state index in [0.717, 1.165) is 11.7 Å². The number of nitrogens with zero attached hydrogens (tertiary/aromatic N) is 2. The van der Waals surface area contributed by atoms with Crippen LogP contribution in [0.25, 0.3) is 10.6 Å². The van der Waals surface area contributed by atoms with Crippen molar-refractivity contribution in [2.75, 3.05) is 18.9 Å². The lowest BCUT2D eigenvalue weighted by Crippen LogP contribution is -2.36. The highest BCUT2D eigenvalue weighted by atomic mass is 32.1. The molecule has 21 heavy (non-hydrogen) atoms. The fraction of sp³-hybridized carbons (Fsp3) is 0.562. The van der Waals surface area contributed by atoms with Gasteiger partial charge in [-0.05, 0) is 50.2 Å². The average Bonchev–Trinajstić information content (AvgIpc) is 3.07. The van der Waals surface area contributed by atoms with E-state index in [1.54, 1.807) is 22.7 Å². The van der Waals surface area contributed by atoms with Gasteiger partial charge >= 0.3 is 0 Å². The largest absolute Gasteiger partial charge is 0.365 e. The molecule has 0 aromatic carbocycles. The summed E-state index contributed by atoms with van der Waals surface area (Å²) in [6.07, 6.45) is 4.03. The molecule has 3 rings (SSSR count). The third-order valence-corrected chi connectivity index (χ3v) is 6.27. The van der Waals surface area contributed by atoms with Crippen LogP contribution in [0.3, 0.4) is 0 Å². The van der Waals surface area contributed by atoms with Gasteiger partial charge in [0.25, 0.3) is 0 Å². The molecule has 0 aliphatic carbocycles. The van der Waals surface area contributed by atoms with Crippen molar-refractivity contribution in [3.63, 3.8) is 0 Å². The van der Waals surface area contributed by atoms with Crippen molar-refractivity contribution in [1.82, 2.24) is 9.88 Å². The van der Waals surface area contributed by atoms with E-state index in [1.165, 1.54) is 46.8 Å². The summed E-state index contributed by atoms with van der Waals surface area (Å²) in [7, 11) is 1.95. The van der Waals surface area contributed by atoms with Crippen LogP contribution in [0.15, 0.2) is 11.4 Å². The topological polar surface area (TPSA) is 28.2 Å². The zero-order chi connectivity index (χ0) is 14.8. The Kier molecular flexibility index (Phi) is 4.62. The SMILES string of the molecule is CNc1nc(-c2cc(C)cs2)c(CN2CCCCC2C)s1. The quantitative estimate of drug-likeness (QED) is 0.892. The Balaban J connectivity index is 1.88. The lowest BCUT2D eigenvalue weighted by Gasteiger charge is -2.32. The maximum Gasteiger partial charge on any atom is 0.183 e. The molecule has 0 saturated carbocycles. The Morgan fingerprint density at radius 3 is 2.95 bits per heavy atom. The Bertz CT molecular complexity index is 602. The van der Waals surface area contributed by atoms with E-state index >= 15 is 0 Å². The van der Waals surface area contributed by atoms with Gasteiger partial charge in [-0.1, -0.05) is 6.42 Å². The second-order valence-electron chi connectivity index (χ2n) is 5.84. The molecule has 1 aliphatic heterocycles. The first kappa shape index (κ1) is 15.0. The minimum Gasteiger partial charge on any atom is -0.365 e. The summed E-state index contributed by atoms with van der Waals surface area (Å²) in [5.41, 5.74) is 2.51. The van der Waals surface area contributed by atoms with Crippen LogP contribution in [0, 0.1) is 6.92 Å². The maximum atomic E-state index is 4.79. The molecule has 1 atom stereocenters. The molecule has 1 N–H and O–H groups in total. The van der Waals surface area contributed by atoms with E-state index in [2.05, 4.69) is 35.5 Å². The summed E-state index contributed by atoms with van der Waals surface area (Å²) in [6.45, 7) is 6.76. The number of hydrogen-bond acceptors (Lipinski definition) is 5. The Morgan fingerprint density at radius 2 is 2.29 bits per heavy atom. The summed E-state index contributed by atoms with van der Waals surface area (Å²) in [6, 6.07) is 2.94. The lowest BCUT2D eigenvalue weighted by molar-refractivity contribution is 0.154. The highest BCUT2D eigenvalue weighted by molar-refractivity contribution is 7.17. The monoisotopic (exact) mass is 321 g/mol. The van der Waals surface area contributed by atoms with Gasteiger partial charge in [-0.3, -0.25) is 4.90 Å². The Labute approximate surface area is 135 Å². The summed E-state index contributed by atoms with van der Waals surface area (Å²) in [5.74, 6) is 0. The Hall–Kier alpha value is -0.910. The predicted octanol–water partition coefficient (Wildman–Crippen LogP) is 4.60. The number of anilines is 1. The molecule has 0 bridgehead atoms. The molecule has 1 fully saturated rings. The van der Waals surface area contributed by atoms with E-state index in [-0.39, 0.29) is 0 Å². The normalized spacial score (nSPS) is 19.9. The zero-order valence-electron chi connectivity index (χ0n) is 13.0. The molecule has 1 aliphatic rings. The molecular formula is C16H23N3S2. The molecular weight excluding hydrogens is 298 g/mol. The van der Waals surface area contributed by atoms with Gasteiger partial charge in [0, 0.05) is 24.5 Å². The molecule has 0 spiro atoms. The number of thiophene rings is 1. The predicted molar refractivity (Wildman–Crippen MR) is 93.4 cm³/mol. The number of nitrogens with one attached hydrogen (secondary N) is 1. The number of aryl methyl sites for hydroxylation is 1. The van der Waals surface area contributed by atoms with Crippen molar-refractivity contribution >= 4 is 27.8 Å². The maximum absolute atomic E-state index is 4.79. The first-order valence-electron chi connectivity index (χ1n) is 7.64. The average molecular weight is 322 g/mol. The smallest absolute Gasteiger partial charge is 0.183 e. The number of thiazole rings is 1. The van der Waals surface area contributed by atoms with Crippen LogP contribution in [-0.4, -0.2) is 29.5 Å². The van der Waals surface area contributed by atoms with Gasteiger partial charge in [0.2, 0.25) is 0 Å². The van der Waals surface area contributed by atoms with Crippen LogP contribution in [0.4, 0.5) is 5.13 Å². The third kappa shape index (κ3) is 3.30. The highest BCUT2D eigenvalue weighted by Gasteiger charge is 2.22. The molecule has 0 amide bonds. The fourth-order valence-corrected chi connectivity index (χ4v) is 4.83. The van der Waals surface area contributed by atoms with Crippen LogP contribution in [-0.2, 0) is 6.54 Å². The number of hydrogen-bond donors (Lipinski definition) is 1. The molecule has 114 valence electrons. The minimum absolute atomic E-state index is 0.691. The van der Waals surface area contributed by atoms with E-state index in [4.69, 9.17) is 4.98 Å². The first-order chi connectivity index (χ1) is 10.2. The fourth-order valence-electron chi connectivity index (χ4n) is 2.89. The van der Waals surface area contributed by atoms with Crippen molar-refractivity contribution in [2.45, 2.75) is 45.7 Å². The van der Waals surface area contributed by atoms with E-state index in [1.807, 2.05) is 7.05 Å². The minimum atomic E-state index is 0.691. The van der Waals surface area contributed by atoms with Gasteiger partial charge in [-0.15, -0.1) is 22.7 Å². The number of likely N-dealkylation sites (tertiary alicyclic amines) is 1.